The van der Waals surface area contributed by atoms with Crippen LogP contribution in [-0.2, 0) is 11.3 Å². The van der Waals surface area contributed by atoms with E-state index >= 15 is 0 Å². The average molecular weight is 493 g/mol. The Hall–Kier alpha value is -2.40. The second-order valence-corrected chi connectivity index (χ2v) is 8.25. The van der Waals surface area contributed by atoms with Crippen molar-refractivity contribution < 1.29 is 49.0 Å². The number of rotatable bonds is 8. The van der Waals surface area contributed by atoms with Gasteiger partial charge in [-0.15, -0.1) is 0 Å². The maximum Gasteiger partial charge on any atom is 0.460 e. The third-order valence-electron chi connectivity index (χ3n) is 4.15. The smallest absolute Gasteiger partial charge is 0.444 e. The molecule has 0 aliphatic rings. The van der Waals surface area contributed by atoms with Gasteiger partial charge < -0.3 is 9.64 Å². The molecule has 12 heteroatoms. The Bertz CT molecular complexity index is 826. The third-order valence-corrected chi connectivity index (χ3v) is 4.15. The SMILES string of the molecule is CCCN(Cc1ccc(/C=C/C(F)(F)C(F)(F)C(F)(F)C(F)(F)F)cc1)C(=O)OC(C)(C)C. The van der Waals surface area contributed by atoms with Crippen LogP contribution in [-0.4, -0.2) is 47.1 Å². The zero-order valence-electron chi connectivity index (χ0n) is 18.3. The van der Waals surface area contributed by atoms with Gasteiger partial charge in [0.2, 0.25) is 0 Å². The van der Waals surface area contributed by atoms with Crippen LogP contribution >= 0.6 is 0 Å². The molecule has 0 saturated heterocycles. The van der Waals surface area contributed by atoms with E-state index in [-0.39, 0.29) is 12.1 Å². The van der Waals surface area contributed by atoms with Crippen LogP contribution in [0, 0.1) is 0 Å². The number of alkyl halides is 9. The summed E-state index contributed by atoms with van der Waals surface area (Å²) < 4.78 is 121. The fraction of sp³-hybridized carbons (Fsp3) is 0.571. The molecular weight excluding hydrogens is 469 g/mol. The van der Waals surface area contributed by atoms with Crippen molar-refractivity contribution in [2.75, 3.05) is 6.54 Å². The summed E-state index contributed by atoms with van der Waals surface area (Å²) >= 11 is 0. The highest BCUT2D eigenvalue weighted by atomic mass is 19.4. The van der Waals surface area contributed by atoms with E-state index in [0.29, 0.717) is 24.6 Å². The van der Waals surface area contributed by atoms with Gasteiger partial charge in [-0.25, -0.2) is 4.79 Å². The zero-order valence-corrected chi connectivity index (χ0v) is 18.3. The Kier molecular flexibility index (Phi) is 8.54. The molecule has 0 aliphatic heterocycles. The summed E-state index contributed by atoms with van der Waals surface area (Å²) in [5, 5.41) is 0. The van der Waals surface area contributed by atoms with Crippen molar-refractivity contribution in [3.8, 4) is 0 Å². The largest absolute Gasteiger partial charge is 0.460 e. The predicted molar refractivity (Wildman–Crippen MR) is 103 cm³/mol. The summed E-state index contributed by atoms with van der Waals surface area (Å²) in [6.45, 7) is 7.27. The maximum absolute atomic E-state index is 13.6. The minimum absolute atomic E-state index is 0.0682. The summed E-state index contributed by atoms with van der Waals surface area (Å²) in [4.78, 5) is 13.7. The van der Waals surface area contributed by atoms with E-state index in [0.717, 1.165) is 12.1 Å². The Balaban J connectivity index is 3.01. The molecule has 0 heterocycles. The van der Waals surface area contributed by atoms with Crippen LogP contribution in [0.2, 0.25) is 0 Å². The van der Waals surface area contributed by atoms with Crippen LogP contribution in [0.3, 0.4) is 0 Å². The van der Waals surface area contributed by atoms with Crippen LogP contribution < -0.4 is 0 Å². The van der Waals surface area contributed by atoms with Crippen molar-refractivity contribution >= 4 is 12.2 Å². The van der Waals surface area contributed by atoms with E-state index in [1.807, 2.05) is 6.92 Å². The van der Waals surface area contributed by atoms with Gasteiger partial charge in [-0.2, -0.15) is 39.5 Å². The van der Waals surface area contributed by atoms with Crippen LogP contribution in [0.25, 0.3) is 6.08 Å². The molecule has 33 heavy (non-hydrogen) atoms. The molecule has 0 atom stereocenters. The van der Waals surface area contributed by atoms with Crippen LogP contribution in [0.1, 0.15) is 45.2 Å². The molecule has 0 saturated carbocycles. The lowest BCUT2D eigenvalue weighted by molar-refractivity contribution is -0.388. The number of amides is 1. The molecule has 0 N–H and O–H groups in total. The van der Waals surface area contributed by atoms with Crippen molar-refractivity contribution in [1.29, 1.82) is 0 Å². The van der Waals surface area contributed by atoms with E-state index < -0.39 is 41.7 Å². The number of hydrogen-bond donors (Lipinski definition) is 0. The van der Waals surface area contributed by atoms with Crippen molar-refractivity contribution in [2.45, 2.75) is 70.2 Å². The standard InChI is InChI=1S/C21H24F9NO2/c1-5-12-31(16(32)33-17(2,3)4)13-15-8-6-14(7-9-15)10-11-18(22,23)19(24,25)20(26,27)21(28,29)30/h6-11H,5,12-13H2,1-4H3/b11-10+. The monoisotopic (exact) mass is 493 g/mol. The molecule has 0 unspecified atom stereocenters. The molecule has 0 fully saturated rings. The normalized spacial score (nSPS) is 14.0. The summed E-state index contributed by atoms with van der Waals surface area (Å²) in [6.07, 6.45) is -7.26. The highest BCUT2D eigenvalue weighted by Crippen LogP contribution is 2.53. The van der Waals surface area contributed by atoms with Gasteiger partial charge in [0.1, 0.15) is 5.60 Å². The number of carbonyl (C=O) groups excluding carboxylic acids is 1. The van der Waals surface area contributed by atoms with E-state index in [1.54, 1.807) is 20.8 Å². The van der Waals surface area contributed by atoms with Crippen molar-refractivity contribution in [1.82, 2.24) is 4.90 Å². The number of nitrogens with zero attached hydrogens (tertiary/aromatic N) is 1. The lowest BCUT2D eigenvalue weighted by Crippen LogP contribution is -2.60. The number of carbonyl (C=O) groups is 1. The topological polar surface area (TPSA) is 29.5 Å². The van der Waals surface area contributed by atoms with Gasteiger partial charge in [0, 0.05) is 13.1 Å². The molecule has 1 rings (SSSR count). The van der Waals surface area contributed by atoms with Crippen molar-refractivity contribution in [3.63, 3.8) is 0 Å². The first-order chi connectivity index (χ1) is 14.7. The molecule has 0 aromatic heterocycles. The third kappa shape index (κ3) is 7.04. The fourth-order valence-corrected chi connectivity index (χ4v) is 2.48. The number of halogens is 9. The number of allylic oxidation sites excluding steroid dienone is 1. The van der Waals surface area contributed by atoms with Crippen LogP contribution in [0.4, 0.5) is 44.3 Å². The molecule has 0 aliphatic carbocycles. The number of benzene rings is 1. The second-order valence-electron chi connectivity index (χ2n) is 8.25. The number of hydrogen-bond acceptors (Lipinski definition) is 2. The van der Waals surface area contributed by atoms with Crippen molar-refractivity contribution in [2.24, 2.45) is 0 Å². The minimum atomic E-state index is -6.94. The summed E-state index contributed by atoms with van der Waals surface area (Å²) in [5.41, 5.74) is -0.399. The molecule has 0 bridgehead atoms. The van der Waals surface area contributed by atoms with Crippen LogP contribution in [0.5, 0.6) is 0 Å². The molecule has 0 radical (unpaired) electrons. The molecule has 1 aromatic rings. The van der Waals surface area contributed by atoms with Crippen molar-refractivity contribution in [3.05, 3.63) is 41.5 Å². The first kappa shape index (κ1) is 28.6. The Morgan fingerprint density at radius 1 is 0.909 bits per heavy atom. The van der Waals surface area contributed by atoms with E-state index in [4.69, 9.17) is 4.74 Å². The van der Waals surface area contributed by atoms with Gasteiger partial charge in [-0.1, -0.05) is 37.3 Å². The van der Waals surface area contributed by atoms with Gasteiger partial charge in [0.25, 0.3) is 0 Å². The molecule has 1 amide bonds. The fourth-order valence-electron chi connectivity index (χ4n) is 2.48. The summed E-state index contributed by atoms with van der Waals surface area (Å²) in [5.74, 6) is -19.4. The minimum Gasteiger partial charge on any atom is -0.444 e. The second kappa shape index (κ2) is 9.84. The number of ether oxygens (including phenoxy) is 1. The molecule has 188 valence electrons. The molecule has 0 spiro atoms. The van der Waals surface area contributed by atoms with Gasteiger partial charge >= 0.3 is 30.0 Å². The zero-order chi connectivity index (χ0) is 25.9. The first-order valence-corrected chi connectivity index (χ1v) is 9.71. The average Bonchev–Trinajstić information content (AvgIpc) is 2.64. The molecular formula is C21H24F9NO2. The lowest BCUT2D eigenvalue weighted by Gasteiger charge is -2.32. The highest BCUT2D eigenvalue weighted by molar-refractivity contribution is 5.68. The summed E-state index contributed by atoms with van der Waals surface area (Å²) in [7, 11) is 0. The van der Waals surface area contributed by atoms with Gasteiger partial charge in [0.15, 0.2) is 0 Å². The van der Waals surface area contributed by atoms with E-state index in [1.165, 1.54) is 17.0 Å². The Morgan fingerprint density at radius 3 is 1.85 bits per heavy atom. The maximum atomic E-state index is 13.6. The first-order valence-electron chi connectivity index (χ1n) is 9.71. The highest BCUT2D eigenvalue weighted by Gasteiger charge is 2.81. The molecule has 1 aromatic carbocycles. The van der Waals surface area contributed by atoms with Crippen LogP contribution in [0.15, 0.2) is 30.3 Å². The molecule has 3 nitrogen and oxygen atoms in total. The lowest BCUT2D eigenvalue weighted by atomic mass is 10.0. The Morgan fingerprint density at radius 2 is 1.42 bits per heavy atom. The van der Waals surface area contributed by atoms with E-state index in [2.05, 4.69) is 0 Å². The van der Waals surface area contributed by atoms with E-state index in [9.17, 15) is 44.3 Å². The quantitative estimate of drug-likeness (QED) is 0.355. The van der Waals surface area contributed by atoms with Gasteiger partial charge in [-0.3, -0.25) is 0 Å². The summed E-state index contributed by atoms with van der Waals surface area (Å²) in [6, 6.07) is 5.02. The predicted octanol–water partition coefficient (Wildman–Crippen LogP) is 7.32. The van der Waals surface area contributed by atoms with Gasteiger partial charge in [0.05, 0.1) is 0 Å². The Labute approximate surface area is 185 Å². The van der Waals surface area contributed by atoms with Gasteiger partial charge in [-0.05, 0) is 44.4 Å².